The molecule has 2 aromatic rings. The first-order valence-electron chi connectivity index (χ1n) is 8.01. The monoisotopic (exact) mass is 346 g/mol. The molecule has 2 aliphatic rings. The number of H-pyrrole nitrogens is 1. The topological polar surface area (TPSA) is 105 Å². The first-order chi connectivity index (χ1) is 11.5. The lowest BCUT2D eigenvalue weighted by molar-refractivity contribution is -0.126. The van der Waals surface area contributed by atoms with Crippen LogP contribution >= 0.6 is 0 Å². The van der Waals surface area contributed by atoms with Gasteiger partial charge < -0.3 is 5.32 Å². The minimum atomic E-state index is -3.30. The van der Waals surface area contributed by atoms with Crippen LogP contribution in [0.25, 0.3) is 0 Å². The molecule has 24 heavy (non-hydrogen) atoms. The van der Waals surface area contributed by atoms with Crippen molar-refractivity contribution >= 4 is 15.7 Å². The Bertz CT molecular complexity index is 872. The van der Waals surface area contributed by atoms with Crippen molar-refractivity contribution < 1.29 is 13.2 Å². The van der Waals surface area contributed by atoms with Crippen molar-refractivity contribution in [2.45, 2.75) is 42.0 Å². The molecule has 7 nitrogen and oxygen atoms in total. The molecular weight excluding hydrogens is 328 g/mol. The Morgan fingerprint density at radius 1 is 1.29 bits per heavy atom. The van der Waals surface area contributed by atoms with Gasteiger partial charge >= 0.3 is 0 Å². The van der Waals surface area contributed by atoms with E-state index in [1.165, 1.54) is 6.33 Å². The molecule has 1 amide bonds. The molecule has 1 saturated carbocycles. The molecule has 4 rings (SSSR count). The maximum Gasteiger partial charge on any atom is 0.228 e. The van der Waals surface area contributed by atoms with Crippen molar-refractivity contribution in [3.63, 3.8) is 0 Å². The molecule has 2 N–H and O–H groups in total. The average Bonchev–Trinajstić information content (AvgIpc) is 3.05. The molecular formula is C16H18N4O3S. The summed E-state index contributed by atoms with van der Waals surface area (Å²) in [6.07, 6.45) is 4.36. The molecule has 1 aromatic heterocycles. The highest BCUT2D eigenvalue weighted by atomic mass is 32.2. The van der Waals surface area contributed by atoms with Gasteiger partial charge in [-0.2, -0.15) is 5.10 Å². The molecule has 1 aromatic carbocycles. The molecule has 126 valence electrons. The van der Waals surface area contributed by atoms with E-state index in [0.29, 0.717) is 17.8 Å². The summed E-state index contributed by atoms with van der Waals surface area (Å²) in [5.41, 5.74) is 0.0899. The van der Waals surface area contributed by atoms with Crippen LogP contribution in [0.3, 0.4) is 0 Å². The van der Waals surface area contributed by atoms with E-state index >= 15 is 0 Å². The van der Waals surface area contributed by atoms with Crippen molar-refractivity contribution in [1.29, 1.82) is 0 Å². The summed E-state index contributed by atoms with van der Waals surface area (Å²) < 4.78 is 24.5. The van der Waals surface area contributed by atoms with Gasteiger partial charge in [-0.3, -0.25) is 9.89 Å². The Morgan fingerprint density at radius 3 is 2.75 bits per heavy atom. The van der Waals surface area contributed by atoms with E-state index in [-0.39, 0.29) is 16.6 Å². The third-order valence-corrected chi connectivity index (χ3v) is 6.87. The number of fused-ring (bicyclic) bond motifs is 1. The van der Waals surface area contributed by atoms with Gasteiger partial charge in [-0.05, 0) is 37.3 Å². The van der Waals surface area contributed by atoms with Crippen LogP contribution in [-0.4, -0.2) is 35.3 Å². The third-order valence-electron chi connectivity index (χ3n) is 5.06. The molecule has 0 radical (unpaired) electrons. The average molecular weight is 346 g/mol. The number of aromatic nitrogens is 3. The summed E-state index contributed by atoms with van der Waals surface area (Å²) >= 11 is 0. The second-order valence-corrected chi connectivity index (χ2v) is 8.53. The summed E-state index contributed by atoms with van der Waals surface area (Å²) in [7, 11) is -3.30. The summed E-state index contributed by atoms with van der Waals surface area (Å²) in [4.78, 5) is 17.4. The van der Waals surface area contributed by atoms with Crippen molar-refractivity contribution in [1.82, 2.24) is 20.5 Å². The first kappa shape index (κ1) is 15.3. The maximum absolute atomic E-state index is 12.9. The van der Waals surface area contributed by atoms with E-state index < -0.39 is 21.3 Å². The van der Waals surface area contributed by atoms with Crippen molar-refractivity contribution in [2.24, 2.45) is 0 Å². The first-order valence-corrected chi connectivity index (χ1v) is 9.67. The lowest BCUT2D eigenvalue weighted by Crippen LogP contribution is -2.53. The molecule has 1 fully saturated rings. The van der Waals surface area contributed by atoms with E-state index in [9.17, 15) is 13.2 Å². The van der Waals surface area contributed by atoms with Crippen LogP contribution in [0.1, 0.15) is 43.0 Å². The number of sulfone groups is 1. The number of carbonyl (C=O) groups excluding carboxylic acids is 1. The Balaban J connectivity index is 1.64. The number of benzene rings is 1. The Morgan fingerprint density at radius 2 is 2.08 bits per heavy atom. The van der Waals surface area contributed by atoms with Gasteiger partial charge in [-0.1, -0.05) is 18.2 Å². The van der Waals surface area contributed by atoms with E-state index in [0.717, 1.165) is 19.3 Å². The number of rotatable bonds is 3. The third kappa shape index (κ3) is 2.32. The number of hydrogen-bond acceptors (Lipinski definition) is 5. The minimum Gasteiger partial charge on any atom is -0.343 e. The van der Waals surface area contributed by atoms with Crippen molar-refractivity contribution in [3.05, 3.63) is 42.0 Å². The minimum absolute atomic E-state index is 0.00257. The van der Waals surface area contributed by atoms with Gasteiger partial charge in [0, 0.05) is 0 Å². The molecule has 0 saturated heterocycles. The van der Waals surface area contributed by atoms with E-state index in [4.69, 9.17) is 0 Å². The smallest absolute Gasteiger partial charge is 0.228 e. The normalized spacial score (nSPS) is 23.8. The van der Waals surface area contributed by atoms with Crippen LogP contribution in [-0.2, 0) is 20.2 Å². The second kappa shape index (κ2) is 5.41. The molecule has 0 spiro atoms. The Hall–Kier alpha value is -2.22. The van der Waals surface area contributed by atoms with Gasteiger partial charge in [-0.15, -0.1) is 0 Å². The summed E-state index contributed by atoms with van der Waals surface area (Å²) in [6, 6.07) is 6.78. The number of hydrogen-bond donors (Lipinski definition) is 2. The summed E-state index contributed by atoms with van der Waals surface area (Å²) in [6.45, 7) is 0. The van der Waals surface area contributed by atoms with Crippen LogP contribution in [0.4, 0.5) is 0 Å². The second-order valence-electron chi connectivity index (χ2n) is 6.46. The lowest BCUT2D eigenvalue weighted by Gasteiger charge is -2.41. The van der Waals surface area contributed by atoms with E-state index in [2.05, 4.69) is 20.5 Å². The number of carbonyl (C=O) groups is 1. The van der Waals surface area contributed by atoms with Crippen LogP contribution in [0.15, 0.2) is 35.5 Å². The molecule has 1 aliphatic heterocycles. The van der Waals surface area contributed by atoms with Crippen LogP contribution < -0.4 is 5.32 Å². The van der Waals surface area contributed by atoms with Crippen molar-refractivity contribution in [3.8, 4) is 0 Å². The molecule has 2 heterocycles. The number of aromatic amines is 1. The van der Waals surface area contributed by atoms with E-state index in [1.807, 2.05) is 0 Å². The van der Waals surface area contributed by atoms with Gasteiger partial charge in [0.25, 0.3) is 0 Å². The molecule has 1 aliphatic carbocycles. The van der Waals surface area contributed by atoms with Gasteiger partial charge in [0.05, 0.1) is 22.1 Å². The highest BCUT2D eigenvalue weighted by Crippen LogP contribution is 2.41. The van der Waals surface area contributed by atoms with Gasteiger partial charge in [0.15, 0.2) is 9.84 Å². The van der Waals surface area contributed by atoms with Gasteiger partial charge in [0.1, 0.15) is 12.2 Å². The fraction of sp³-hybridized carbons (Fsp3) is 0.438. The summed E-state index contributed by atoms with van der Waals surface area (Å²) in [5, 5.41) is 9.83. The fourth-order valence-corrected chi connectivity index (χ4v) is 5.19. The fourth-order valence-electron chi connectivity index (χ4n) is 3.57. The zero-order valence-electron chi connectivity index (χ0n) is 13.0. The zero-order chi connectivity index (χ0) is 16.8. The van der Waals surface area contributed by atoms with Crippen LogP contribution in [0.5, 0.6) is 0 Å². The van der Waals surface area contributed by atoms with Gasteiger partial charge in [0.2, 0.25) is 5.91 Å². The number of nitrogens with one attached hydrogen (secondary N) is 2. The number of amides is 1. The van der Waals surface area contributed by atoms with Crippen LogP contribution in [0.2, 0.25) is 0 Å². The highest BCUT2D eigenvalue weighted by molar-refractivity contribution is 7.91. The Kier molecular flexibility index (Phi) is 3.45. The maximum atomic E-state index is 12.9. The Labute approximate surface area is 139 Å². The summed E-state index contributed by atoms with van der Waals surface area (Å²) in [5.74, 6) is 0.0645. The van der Waals surface area contributed by atoms with E-state index in [1.54, 1.807) is 24.3 Å². The van der Waals surface area contributed by atoms with Crippen LogP contribution in [0, 0.1) is 0 Å². The largest absolute Gasteiger partial charge is 0.343 e. The highest BCUT2D eigenvalue weighted by Gasteiger charge is 2.45. The number of nitrogens with zero attached hydrogens (tertiary/aromatic N) is 2. The lowest BCUT2D eigenvalue weighted by atomic mass is 9.75. The standard InChI is InChI=1S/C16H18N4O3S/c21-14(19-16(7-3-8-16)15-17-10-18-20-15)12-6-9-24(22,23)13-5-2-1-4-11(12)13/h1-2,4-5,10,12H,3,6-9H2,(H,19,21)(H,17,18,20). The van der Waals surface area contributed by atoms with Gasteiger partial charge in [-0.25, -0.2) is 13.4 Å². The zero-order valence-corrected chi connectivity index (χ0v) is 13.8. The quantitative estimate of drug-likeness (QED) is 0.870. The molecule has 1 atom stereocenters. The predicted molar refractivity (Wildman–Crippen MR) is 85.9 cm³/mol. The van der Waals surface area contributed by atoms with Crippen molar-refractivity contribution in [2.75, 3.05) is 5.75 Å². The molecule has 0 bridgehead atoms. The SMILES string of the molecule is O=C(NC1(c2ncn[nH]2)CCC1)C1CCS(=O)(=O)c2ccccc21. The predicted octanol–water partition coefficient (Wildman–Crippen LogP) is 1.26. The molecule has 1 unspecified atom stereocenters. The molecule has 8 heteroatoms.